The zero-order valence-electron chi connectivity index (χ0n) is 17.6. The van der Waals surface area contributed by atoms with Crippen molar-refractivity contribution in [3.8, 4) is 0 Å². The maximum absolute atomic E-state index is 13.4. The van der Waals surface area contributed by atoms with Crippen LogP contribution in [-0.2, 0) is 18.0 Å². The highest BCUT2D eigenvalue weighted by Crippen LogP contribution is 2.35. The van der Waals surface area contributed by atoms with Crippen LogP contribution in [0.5, 0.6) is 0 Å². The molecule has 0 aliphatic carbocycles. The van der Waals surface area contributed by atoms with E-state index in [9.17, 15) is 22.8 Å². The molecule has 1 fully saturated rings. The smallest absolute Gasteiger partial charge is 0.378 e. The minimum atomic E-state index is -4.55. The number of ether oxygens (including phenoxy) is 1. The first-order valence-electron chi connectivity index (χ1n) is 9.94. The van der Waals surface area contributed by atoms with Crippen molar-refractivity contribution in [2.24, 2.45) is 7.05 Å². The van der Waals surface area contributed by atoms with Crippen molar-refractivity contribution < 1.29 is 27.5 Å². The Bertz CT molecular complexity index is 1280. The summed E-state index contributed by atoms with van der Waals surface area (Å²) in [6, 6.07) is 4.75. The third-order valence-corrected chi connectivity index (χ3v) is 6.26. The number of imidazole rings is 1. The van der Waals surface area contributed by atoms with Crippen molar-refractivity contribution in [3.05, 3.63) is 62.4 Å². The molecule has 1 aliphatic heterocycles. The fourth-order valence-corrected chi connectivity index (χ4v) is 4.42. The standard InChI is InChI=1S/C22H18Cl2F3N3O3/c1-11-9-12(22(25,26)27)10-15-18(11)28-20(29(15)2)19(31)16-14(23)4-3-13(17(16)24)21(32)30-5-7-33-8-6-30/h3-4,9-10H,5-8H2,1-2H3. The molecule has 0 saturated carbocycles. The molecule has 6 nitrogen and oxygen atoms in total. The Kier molecular flexibility index (Phi) is 6.15. The molecule has 33 heavy (non-hydrogen) atoms. The largest absolute Gasteiger partial charge is 0.416 e. The van der Waals surface area contributed by atoms with E-state index in [1.54, 1.807) is 4.90 Å². The molecule has 1 aromatic heterocycles. The number of aryl methyl sites for hydroxylation is 2. The molecule has 1 saturated heterocycles. The summed E-state index contributed by atoms with van der Waals surface area (Å²) in [7, 11) is 1.44. The number of hydrogen-bond donors (Lipinski definition) is 0. The number of morpholine rings is 1. The Morgan fingerprint density at radius 3 is 2.42 bits per heavy atom. The first-order valence-corrected chi connectivity index (χ1v) is 10.7. The van der Waals surface area contributed by atoms with Gasteiger partial charge in [0, 0.05) is 20.1 Å². The van der Waals surface area contributed by atoms with Gasteiger partial charge in [0.2, 0.25) is 5.78 Å². The van der Waals surface area contributed by atoms with Crippen LogP contribution >= 0.6 is 23.2 Å². The van der Waals surface area contributed by atoms with Crippen molar-refractivity contribution >= 4 is 45.9 Å². The van der Waals surface area contributed by atoms with Crippen molar-refractivity contribution in [1.82, 2.24) is 14.5 Å². The second-order valence-corrected chi connectivity index (χ2v) is 8.46. The number of amides is 1. The third kappa shape index (κ3) is 4.20. The number of nitrogens with zero attached hydrogens (tertiary/aromatic N) is 3. The van der Waals surface area contributed by atoms with E-state index in [1.165, 1.54) is 30.7 Å². The van der Waals surface area contributed by atoms with Gasteiger partial charge >= 0.3 is 6.18 Å². The van der Waals surface area contributed by atoms with E-state index in [0.717, 1.165) is 12.1 Å². The number of aromatic nitrogens is 2. The van der Waals surface area contributed by atoms with Gasteiger partial charge in [-0.15, -0.1) is 0 Å². The zero-order chi connectivity index (χ0) is 24.1. The summed E-state index contributed by atoms with van der Waals surface area (Å²) in [6.07, 6.45) is -4.55. The summed E-state index contributed by atoms with van der Waals surface area (Å²) in [5.74, 6) is -1.22. The molecule has 4 rings (SSSR count). The van der Waals surface area contributed by atoms with Crippen LogP contribution in [-0.4, -0.2) is 52.4 Å². The zero-order valence-corrected chi connectivity index (χ0v) is 19.1. The van der Waals surface area contributed by atoms with Gasteiger partial charge in [0.05, 0.1) is 51.0 Å². The Morgan fingerprint density at radius 1 is 1.12 bits per heavy atom. The van der Waals surface area contributed by atoms with Gasteiger partial charge in [-0.25, -0.2) is 4.98 Å². The summed E-state index contributed by atoms with van der Waals surface area (Å²) in [5, 5.41) is -0.132. The van der Waals surface area contributed by atoms with Crippen molar-refractivity contribution in [2.45, 2.75) is 13.1 Å². The van der Waals surface area contributed by atoms with Crippen LogP contribution in [0.2, 0.25) is 10.0 Å². The van der Waals surface area contributed by atoms with E-state index in [2.05, 4.69) is 4.98 Å². The Balaban J connectivity index is 1.80. The summed E-state index contributed by atoms with van der Waals surface area (Å²) >= 11 is 12.7. The average Bonchev–Trinajstić information content (AvgIpc) is 3.10. The summed E-state index contributed by atoms with van der Waals surface area (Å²) in [6.45, 7) is 3.03. The molecule has 0 bridgehead atoms. The van der Waals surface area contributed by atoms with Crippen molar-refractivity contribution in [1.29, 1.82) is 0 Å². The summed E-state index contributed by atoms with van der Waals surface area (Å²) in [5.41, 5.74) is -0.225. The minimum absolute atomic E-state index is 0.00304. The van der Waals surface area contributed by atoms with Gasteiger partial charge in [-0.3, -0.25) is 9.59 Å². The number of carbonyl (C=O) groups excluding carboxylic acids is 2. The van der Waals surface area contributed by atoms with E-state index < -0.39 is 17.5 Å². The number of benzene rings is 2. The quantitative estimate of drug-likeness (QED) is 0.480. The fourth-order valence-electron chi connectivity index (χ4n) is 3.80. The van der Waals surface area contributed by atoms with Gasteiger partial charge in [0.15, 0.2) is 5.82 Å². The normalized spacial score (nSPS) is 14.7. The van der Waals surface area contributed by atoms with Gasteiger partial charge < -0.3 is 14.2 Å². The molecule has 0 N–H and O–H groups in total. The number of rotatable bonds is 3. The fraction of sp³-hybridized carbons (Fsp3) is 0.318. The predicted molar refractivity (Wildman–Crippen MR) is 117 cm³/mol. The highest BCUT2D eigenvalue weighted by atomic mass is 35.5. The number of alkyl halides is 3. The maximum atomic E-state index is 13.4. The lowest BCUT2D eigenvalue weighted by Gasteiger charge is -2.27. The summed E-state index contributed by atoms with van der Waals surface area (Å²) in [4.78, 5) is 32.2. The van der Waals surface area contributed by atoms with E-state index >= 15 is 0 Å². The Labute approximate surface area is 196 Å². The highest BCUT2D eigenvalue weighted by Gasteiger charge is 2.33. The average molecular weight is 500 g/mol. The van der Waals surface area contributed by atoms with E-state index in [-0.39, 0.29) is 49.5 Å². The monoisotopic (exact) mass is 499 g/mol. The number of hydrogen-bond acceptors (Lipinski definition) is 4. The van der Waals surface area contributed by atoms with Gasteiger partial charge in [-0.2, -0.15) is 13.2 Å². The van der Waals surface area contributed by atoms with Crippen molar-refractivity contribution in [2.75, 3.05) is 26.3 Å². The van der Waals surface area contributed by atoms with Gasteiger partial charge in [0.1, 0.15) is 0 Å². The molecule has 0 radical (unpaired) electrons. The predicted octanol–water partition coefficient (Wildman–Crippen LogP) is 4.91. The molecule has 1 aliphatic rings. The molecule has 0 unspecified atom stereocenters. The second kappa shape index (κ2) is 8.62. The van der Waals surface area contributed by atoms with Gasteiger partial charge in [-0.05, 0) is 36.8 Å². The highest BCUT2D eigenvalue weighted by molar-refractivity contribution is 6.42. The second-order valence-electron chi connectivity index (χ2n) is 7.67. The van der Waals surface area contributed by atoms with Crippen LogP contribution in [0.15, 0.2) is 24.3 Å². The first-order chi connectivity index (χ1) is 15.5. The van der Waals surface area contributed by atoms with Gasteiger partial charge in [-0.1, -0.05) is 23.2 Å². The minimum Gasteiger partial charge on any atom is -0.378 e. The van der Waals surface area contributed by atoms with Crippen LogP contribution in [0.4, 0.5) is 13.2 Å². The molecular weight excluding hydrogens is 482 g/mol. The molecule has 174 valence electrons. The Hall–Kier alpha value is -2.62. The first kappa shape index (κ1) is 23.5. The lowest BCUT2D eigenvalue weighted by Crippen LogP contribution is -2.40. The lowest BCUT2D eigenvalue weighted by atomic mass is 10.0. The van der Waals surface area contributed by atoms with Crippen LogP contribution in [0.25, 0.3) is 11.0 Å². The van der Waals surface area contributed by atoms with Gasteiger partial charge in [0.25, 0.3) is 5.91 Å². The molecule has 0 atom stereocenters. The Morgan fingerprint density at radius 2 is 1.79 bits per heavy atom. The SMILES string of the molecule is Cc1cc(C(F)(F)F)cc2c1nc(C(=O)c1c(Cl)ccc(C(=O)N3CCOCC3)c1Cl)n2C. The topological polar surface area (TPSA) is 64.4 Å². The van der Waals surface area contributed by atoms with E-state index in [0.29, 0.717) is 26.3 Å². The van der Waals surface area contributed by atoms with Crippen LogP contribution < -0.4 is 0 Å². The summed E-state index contributed by atoms with van der Waals surface area (Å²) < 4.78 is 46.3. The number of halogens is 5. The number of carbonyl (C=O) groups is 2. The molecule has 1 amide bonds. The molecule has 11 heteroatoms. The number of fused-ring (bicyclic) bond motifs is 1. The van der Waals surface area contributed by atoms with Crippen molar-refractivity contribution in [3.63, 3.8) is 0 Å². The molecule has 3 aromatic rings. The molecule has 2 heterocycles. The van der Waals surface area contributed by atoms with E-state index in [1.807, 2.05) is 0 Å². The molecule has 2 aromatic carbocycles. The van der Waals surface area contributed by atoms with Crippen LogP contribution in [0.3, 0.4) is 0 Å². The van der Waals surface area contributed by atoms with Crippen LogP contribution in [0.1, 0.15) is 37.7 Å². The lowest BCUT2D eigenvalue weighted by molar-refractivity contribution is -0.137. The third-order valence-electron chi connectivity index (χ3n) is 5.55. The van der Waals surface area contributed by atoms with E-state index in [4.69, 9.17) is 27.9 Å². The number of ketones is 1. The van der Waals surface area contributed by atoms with Crippen LogP contribution in [0, 0.1) is 6.92 Å². The molecule has 0 spiro atoms. The maximum Gasteiger partial charge on any atom is 0.416 e. The molecular formula is C22H18Cl2F3N3O3.